The second kappa shape index (κ2) is 5.44. The summed E-state index contributed by atoms with van der Waals surface area (Å²) in [6.07, 6.45) is 0. The fourth-order valence-corrected chi connectivity index (χ4v) is 1.74. The molecule has 2 aromatic rings. The molecule has 0 fully saturated rings. The molecule has 0 saturated carbocycles. The summed E-state index contributed by atoms with van der Waals surface area (Å²) in [7, 11) is 0. The molecule has 4 N–H and O–H groups in total. The maximum absolute atomic E-state index is 11.1. The topological polar surface area (TPSA) is 78.3 Å². The van der Waals surface area contributed by atoms with Crippen molar-refractivity contribution in [1.82, 2.24) is 0 Å². The van der Waals surface area contributed by atoms with Crippen LogP contribution in [0.1, 0.15) is 21.5 Å². The summed E-state index contributed by atoms with van der Waals surface area (Å²) in [5.41, 5.74) is 14.1. The van der Waals surface area contributed by atoms with Gasteiger partial charge in [0.05, 0.1) is 5.69 Å². The number of nitrogen functional groups attached to an aromatic ring is 1. The third kappa shape index (κ3) is 3.25. The monoisotopic (exact) mass is 256 g/mol. The largest absolute Gasteiger partial charge is 0.487 e. The fraction of sp³-hybridized carbons (Fsp3) is 0.133. The zero-order valence-electron chi connectivity index (χ0n) is 10.7. The minimum absolute atomic E-state index is 0.342. The van der Waals surface area contributed by atoms with Crippen molar-refractivity contribution in [2.24, 2.45) is 5.73 Å². The van der Waals surface area contributed by atoms with Gasteiger partial charge in [-0.25, -0.2) is 0 Å². The van der Waals surface area contributed by atoms with Crippen molar-refractivity contribution >= 4 is 11.6 Å². The Morgan fingerprint density at radius 1 is 1.21 bits per heavy atom. The molecule has 0 atom stereocenters. The highest BCUT2D eigenvalue weighted by Gasteiger charge is 2.04. The summed E-state index contributed by atoms with van der Waals surface area (Å²) in [6, 6.07) is 12.7. The Kier molecular flexibility index (Phi) is 3.71. The number of carbonyl (C=O) groups excluding carboxylic acids is 1. The van der Waals surface area contributed by atoms with Gasteiger partial charge >= 0.3 is 0 Å². The van der Waals surface area contributed by atoms with Crippen LogP contribution in [-0.2, 0) is 6.61 Å². The third-order valence-electron chi connectivity index (χ3n) is 2.77. The summed E-state index contributed by atoms with van der Waals surface area (Å²) >= 11 is 0. The van der Waals surface area contributed by atoms with Gasteiger partial charge < -0.3 is 16.2 Å². The number of rotatable bonds is 4. The van der Waals surface area contributed by atoms with Crippen LogP contribution >= 0.6 is 0 Å². The van der Waals surface area contributed by atoms with Crippen LogP contribution in [-0.4, -0.2) is 5.91 Å². The first kappa shape index (κ1) is 13.0. The predicted molar refractivity (Wildman–Crippen MR) is 74.9 cm³/mol. The smallest absolute Gasteiger partial charge is 0.248 e. The van der Waals surface area contributed by atoms with E-state index in [1.54, 1.807) is 18.2 Å². The Bertz CT molecular complexity index is 609. The van der Waals surface area contributed by atoms with Crippen LogP contribution in [0.4, 0.5) is 5.69 Å². The summed E-state index contributed by atoms with van der Waals surface area (Å²) in [5, 5.41) is 0. The molecule has 0 aromatic heterocycles. The number of ether oxygens (including phenoxy) is 1. The van der Waals surface area contributed by atoms with E-state index in [9.17, 15) is 4.79 Å². The van der Waals surface area contributed by atoms with Crippen LogP contribution in [0.25, 0.3) is 0 Å². The van der Waals surface area contributed by atoms with Gasteiger partial charge in [0.25, 0.3) is 0 Å². The van der Waals surface area contributed by atoms with Gasteiger partial charge in [0.2, 0.25) is 5.91 Å². The lowest BCUT2D eigenvalue weighted by molar-refractivity contribution is 0.1000. The van der Waals surface area contributed by atoms with Gasteiger partial charge in [-0.3, -0.25) is 4.79 Å². The van der Waals surface area contributed by atoms with Crippen molar-refractivity contribution < 1.29 is 9.53 Å². The van der Waals surface area contributed by atoms with Crippen LogP contribution < -0.4 is 16.2 Å². The summed E-state index contributed by atoms with van der Waals surface area (Å²) in [6.45, 7) is 2.31. The normalized spacial score (nSPS) is 10.2. The van der Waals surface area contributed by atoms with Gasteiger partial charge in [0, 0.05) is 5.56 Å². The summed E-state index contributed by atoms with van der Waals surface area (Å²) < 4.78 is 5.66. The zero-order chi connectivity index (χ0) is 13.8. The standard InChI is InChI=1S/C15H16N2O2/c1-10-5-6-13(16)14(7-10)19-9-11-3-2-4-12(8-11)15(17)18/h2-8H,9,16H2,1H3,(H2,17,18). The Hall–Kier alpha value is -2.49. The molecule has 2 aromatic carbocycles. The molecule has 1 amide bonds. The van der Waals surface area contributed by atoms with Gasteiger partial charge in [-0.2, -0.15) is 0 Å². The molecule has 19 heavy (non-hydrogen) atoms. The third-order valence-corrected chi connectivity index (χ3v) is 2.77. The Morgan fingerprint density at radius 2 is 2.00 bits per heavy atom. The first-order valence-corrected chi connectivity index (χ1v) is 5.94. The molecule has 0 aliphatic rings. The van der Waals surface area contributed by atoms with Crippen molar-refractivity contribution in [3.63, 3.8) is 0 Å². The van der Waals surface area contributed by atoms with E-state index >= 15 is 0 Å². The highest BCUT2D eigenvalue weighted by atomic mass is 16.5. The van der Waals surface area contributed by atoms with E-state index in [4.69, 9.17) is 16.2 Å². The molecular weight excluding hydrogens is 240 g/mol. The molecule has 4 heteroatoms. The lowest BCUT2D eigenvalue weighted by Gasteiger charge is -2.10. The quantitative estimate of drug-likeness (QED) is 0.823. The van der Waals surface area contributed by atoms with E-state index in [2.05, 4.69) is 0 Å². The second-order valence-corrected chi connectivity index (χ2v) is 4.39. The van der Waals surface area contributed by atoms with Crippen LogP contribution in [0.15, 0.2) is 42.5 Å². The first-order valence-electron chi connectivity index (χ1n) is 5.94. The van der Waals surface area contributed by atoms with E-state index in [0.29, 0.717) is 23.6 Å². The van der Waals surface area contributed by atoms with E-state index in [-0.39, 0.29) is 0 Å². The van der Waals surface area contributed by atoms with Crippen LogP contribution in [0.5, 0.6) is 5.75 Å². The Labute approximate surface area is 112 Å². The average Bonchev–Trinajstić information content (AvgIpc) is 2.40. The number of aryl methyl sites for hydroxylation is 1. The van der Waals surface area contributed by atoms with Gasteiger partial charge in [0.1, 0.15) is 12.4 Å². The van der Waals surface area contributed by atoms with Crippen LogP contribution in [0, 0.1) is 6.92 Å². The van der Waals surface area contributed by atoms with Crippen molar-refractivity contribution in [2.75, 3.05) is 5.73 Å². The highest BCUT2D eigenvalue weighted by molar-refractivity contribution is 5.92. The van der Waals surface area contributed by atoms with Crippen molar-refractivity contribution in [3.05, 3.63) is 59.2 Å². The number of primary amides is 1. The Morgan fingerprint density at radius 3 is 2.74 bits per heavy atom. The van der Waals surface area contributed by atoms with Crippen LogP contribution in [0.3, 0.4) is 0 Å². The number of anilines is 1. The SMILES string of the molecule is Cc1ccc(N)c(OCc2cccc(C(N)=O)c2)c1. The number of amides is 1. The van der Waals surface area contributed by atoms with E-state index in [1.165, 1.54) is 0 Å². The molecule has 0 saturated heterocycles. The molecule has 0 aliphatic heterocycles. The maximum Gasteiger partial charge on any atom is 0.248 e. The van der Waals surface area contributed by atoms with Gasteiger partial charge in [-0.1, -0.05) is 18.2 Å². The molecule has 0 heterocycles. The minimum Gasteiger partial charge on any atom is -0.487 e. The lowest BCUT2D eigenvalue weighted by atomic mass is 10.1. The molecular formula is C15H16N2O2. The first-order chi connectivity index (χ1) is 9.06. The van der Waals surface area contributed by atoms with Gasteiger partial charge in [0.15, 0.2) is 0 Å². The highest BCUT2D eigenvalue weighted by Crippen LogP contribution is 2.23. The van der Waals surface area contributed by atoms with Gasteiger partial charge in [-0.15, -0.1) is 0 Å². The molecule has 0 spiro atoms. The molecule has 0 aliphatic carbocycles. The lowest BCUT2D eigenvalue weighted by Crippen LogP contribution is -2.11. The van der Waals surface area contributed by atoms with E-state index in [0.717, 1.165) is 11.1 Å². The van der Waals surface area contributed by atoms with Crippen molar-refractivity contribution in [3.8, 4) is 5.75 Å². The summed E-state index contributed by atoms with van der Waals surface area (Å²) in [4.78, 5) is 11.1. The van der Waals surface area contributed by atoms with Crippen LogP contribution in [0.2, 0.25) is 0 Å². The average molecular weight is 256 g/mol. The minimum atomic E-state index is -0.447. The molecule has 0 bridgehead atoms. The molecule has 0 unspecified atom stereocenters. The van der Waals surface area contributed by atoms with E-state index in [1.807, 2.05) is 31.2 Å². The van der Waals surface area contributed by atoms with E-state index < -0.39 is 5.91 Å². The number of carbonyl (C=O) groups is 1. The van der Waals surface area contributed by atoms with Crippen molar-refractivity contribution in [1.29, 1.82) is 0 Å². The molecule has 98 valence electrons. The zero-order valence-corrected chi connectivity index (χ0v) is 10.7. The Balaban J connectivity index is 2.12. The summed E-state index contributed by atoms with van der Waals surface area (Å²) in [5.74, 6) is 0.196. The predicted octanol–water partition coefficient (Wildman–Crippen LogP) is 2.26. The molecule has 4 nitrogen and oxygen atoms in total. The number of nitrogens with two attached hydrogens (primary N) is 2. The number of hydrogen-bond acceptors (Lipinski definition) is 3. The van der Waals surface area contributed by atoms with Crippen molar-refractivity contribution in [2.45, 2.75) is 13.5 Å². The maximum atomic E-state index is 11.1. The second-order valence-electron chi connectivity index (χ2n) is 4.39. The van der Waals surface area contributed by atoms with Gasteiger partial charge in [-0.05, 0) is 42.3 Å². The number of hydrogen-bond donors (Lipinski definition) is 2. The molecule has 0 radical (unpaired) electrons. The molecule has 2 rings (SSSR count). The number of benzene rings is 2. The fourth-order valence-electron chi connectivity index (χ4n) is 1.74.